The first-order chi connectivity index (χ1) is 14.6. The van der Waals surface area contributed by atoms with Crippen molar-refractivity contribution >= 4 is 36.4 Å². The average Bonchev–Trinajstić information content (AvgIpc) is 2.97. The largest absolute Gasteiger partial charge is 0.464 e. The van der Waals surface area contributed by atoms with Gasteiger partial charge >= 0.3 is 12.1 Å². The predicted octanol–water partition coefficient (Wildman–Crippen LogP) is 5.02. The Morgan fingerprint density at radius 3 is 2.31 bits per heavy atom. The van der Waals surface area contributed by atoms with Gasteiger partial charge in [-0.3, -0.25) is 0 Å². The lowest BCUT2D eigenvalue weighted by Crippen LogP contribution is -2.53. The summed E-state index contributed by atoms with van der Waals surface area (Å²) in [5.41, 5.74) is 0.931. The second-order valence-corrected chi connectivity index (χ2v) is 15.9. The molecule has 0 saturated carbocycles. The van der Waals surface area contributed by atoms with Crippen LogP contribution in [0.4, 0.5) is 9.18 Å². The lowest BCUT2D eigenvalue weighted by Gasteiger charge is -2.37. The number of aromatic amines is 1. The summed E-state index contributed by atoms with van der Waals surface area (Å²) in [6, 6.07) is 3.65. The molecule has 0 bridgehead atoms. The van der Waals surface area contributed by atoms with E-state index in [1.165, 1.54) is 12.1 Å². The molecule has 0 aliphatic rings. The van der Waals surface area contributed by atoms with E-state index in [2.05, 4.69) is 44.2 Å². The zero-order valence-corrected chi connectivity index (χ0v) is 21.7. The summed E-state index contributed by atoms with van der Waals surface area (Å²) >= 11 is 0. The maximum atomic E-state index is 14.2. The molecule has 1 atom stereocenters. The highest BCUT2D eigenvalue weighted by atomic mass is 28.3. The summed E-state index contributed by atoms with van der Waals surface area (Å²) in [5.74, 6) is -0.905. The van der Waals surface area contributed by atoms with Crippen LogP contribution < -0.4 is 10.6 Å². The Bertz CT molecular complexity index is 986. The minimum absolute atomic E-state index is 0.000805. The molecule has 1 aromatic heterocycles. The molecule has 2 aromatic rings. The number of fused-ring (bicyclic) bond motifs is 1. The number of ether oxygens (including phenoxy) is 2. The van der Waals surface area contributed by atoms with Gasteiger partial charge in [0.2, 0.25) is 0 Å². The number of alkyl carbamates (subject to hydrolysis) is 1. The van der Waals surface area contributed by atoms with Gasteiger partial charge in [0.15, 0.2) is 0 Å². The highest BCUT2D eigenvalue weighted by Crippen LogP contribution is 2.37. The lowest BCUT2D eigenvalue weighted by atomic mass is 10.0. The van der Waals surface area contributed by atoms with E-state index in [1.807, 2.05) is 0 Å². The summed E-state index contributed by atoms with van der Waals surface area (Å²) in [7, 11) is -2.10. The van der Waals surface area contributed by atoms with Crippen LogP contribution in [-0.2, 0) is 20.7 Å². The van der Waals surface area contributed by atoms with Gasteiger partial charge in [0.1, 0.15) is 25.5 Å². The Kier molecular flexibility index (Phi) is 7.49. The monoisotopic (exact) mass is 464 g/mol. The SMILES string of the molecule is CCOC(=O)C(Cc1c([Si](C)(C)C(C)(C)C)[nH]c2ccc(F)cc12)NC(=O)OC(C)(C)C. The first-order valence-corrected chi connectivity index (χ1v) is 14.0. The number of carbonyl (C=O) groups is 2. The highest BCUT2D eigenvalue weighted by Gasteiger charge is 2.41. The third-order valence-corrected chi connectivity index (χ3v) is 11.5. The molecule has 8 heteroatoms. The molecule has 0 fully saturated rings. The first kappa shape index (κ1) is 25.9. The lowest BCUT2D eigenvalue weighted by molar-refractivity contribution is -0.145. The number of halogens is 1. The molecule has 0 saturated heterocycles. The first-order valence-electron chi connectivity index (χ1n) is 11.0. The second kappa shape index (κ2) is 9.25. The molecule has 0 aliphatic carbocycles. The van der Waals surface area contributed by atoms with E-state index in [1.54, 1.807) is 33.8 Å². The van der Waals surface area contributed by atoms with Crippen LogP contribution in [-0.4, -0.2) is 43.4 Å². The Balaban J connectivity index is 2.58. The summed E-state index contributed by atoms with van der Waals surface area (Å²) in [5, 5.41) is 4.41. The molecule has 1 amide bonds. The van der Waals surface area contributed by atoms with E-state index in [4.69, 9.17) is 9.47 Å². The van der Waals surface area contributed by atoms with Crippen LogP contribution in [0.3, 0.4) is 0 Å². The summed E-state index contributed by atoms with van der Waals surface area (Å²) < 4.78 is 24.8. The van der Waals surface area contributed by atoms with Crippen LogP contribution in [0.1, 0.15) is 54.0 Å². The molecule has 32 heavy (non-hydrogen) atoms. The van der Waals surface area contributed by atoms with Crippen molar-refractivity contribution < 1.29 is 23.5 Å². The van der Waals surface area contributed by atoms with E-state index >= 15 is 0 Å². The van der Waals surface area contributed by atoms with Gasteiger partial charge < -0.3 is 19.8 Å². The topological polar surface area (TPSA) is 80.4 Å². The smallest absolute Gasteiger partial charge is 0.408 e. The zero-order valence-electron chi connectivity index (χ0n) is 20.7. The van der Waals surface area contributed by atoms with E-state index in [9.17, 15) is 14.0 Å². The van der Waals surface area contributed by atoms with Crippen LogP contribution in [0.2, 0.25) is 18.1 Å². The molecule has 178 valence electrons. The van der Waals surface area contributed by atoms with Crippen molar-refractivity contribution in [1.82, 2.24) is 10.3 Å². The summed E-state index contributed by atoms with van der Waals surface area (Å²) in [4.78, 5) is 28.7. The standard InChI is InChI=1S/C24H37FN2O4Si/c1-10-30-21(28)19(27-22(29)31-23(2,3)4)14-17-16-13-15(25)11-12-18(16)26-20(17)32(8,9)24(5,6)7/h11-13,19,26H,10,14H2,1-9H3,(H,27,29). The van der Waals surface area contributed by atoms with Crippen LogP contribution in [0.15, 0.2) is 18.2 Å². The number of hydrogen-bond donors (Lipinski definition) is 2. The second-order valence-electron chi connectivity index (χ2n) is 10.7. The predicted molar refractivity (Wildman–Crippen MR) is 129 cm³/mol. The zero-order chi connectivity index (χ0) is 24.5. The molecule has 6 nitrogen and oxygen atoms in total. The molecule has 0 radical (unpaired) electrons. The highest BCUT2D eigenvalue weighted by molar-refractivity contribution is 6.92. The number of esters is 1. The third kappa shape index (κ3) is 5.91. The molecule has 2 N–H and O–H groups in total. The van der Waals surface area contributed by atoms with Gasteiger partial charge in [-0.05, 0) is 56.5 Å². The van der Waals surface area contributed by atoms with Gasteiger partial charge in [-0.25, -0.2) is 14.0 Å². The Morgan fingerprint density at radius 1 is 1.16 bits per heavy atom. The number of amides is 1. The molecule has 1 unspecified atom stereocenters. The fraction of sp³-hybridized carbons (Fsp3) is 0.583. The van der Waals surface area contributed by atoms with Gasteiger partial charge in [0.05, 0.1) is 6.61 Å². The molecule has 0 aliphatic heterocycles. The fourth-order valence-corrected chi connectivity index (χ4v) is 5.62. The van der Waals surface area contributed by atoms with Gasteiger partial charge in [-0.15, -0.1) is 0 Å². The van der Waals surface area contributed by atoms with E-state index in [0.29, 0.717) is 5.39 Å². The van der Waals surface area contributed by atoms with Crippen LogP contribution in [0, 0.1) is 5.82 Å². The van der Waals surface area contributed by atoms with Gasteiger partial charge in [0, 0.05) is 22.6 Å². The Hall–Kier alpha value is -2.35. The number of H-pyrrole nitrogens is 1. The Morgan fingerprint density at radius 2 is 1.78 bits per heavy atom. The number of benzene rings is 1. The van der Waals surface area contributed by atoms with Gasteiger partial charge in [0.25, 0.3) is 0 Å². The maximum Gasteiger partial charge on any atom is 0.408 e. The van der Waals surface area contributed by atoms with Crippen LogP contribution in [0.5, 0.6) is 0 Å². The van der Waals surface area contributed by atoms with Crippen molar-refractivity contribution in [3.05, 3.63) is 29.6 Å². The van der Waals surface area contributed by atoms with Crippen molar-refractivity contribution in [3.63, 3.8) is 0 Å². The van der Waals surface area contributed by atoms with E-state index in [0.717, 1.165) is 16.4 Å². The maximum absolute atomic E-state index is 14.2. The van der Waals surface area contributed by atoms with Gasteiger partial charge in [-0.2, -0.15) is 0 Å². The van der Waals surface area contributed by atoms with Crippen molar-refractivity contribution in [2.45, 2.75) is 84.7 Å². The molecular weight excluding hydrogens is 427 g/mol. The normalized spacial score (nSPS) is 13.7. The summed E-state index contributed by atoms with van der Waals surface area (Å²) in [6.07, 6.45) is -0.529. The van der Waals surface area contributed by atoms with Crippen molar-refractivity contribution in [2.24, 2.45) is 0 Å². The van der Waals surface area contributed by atoms with Crippen molar-refractivity contribution in [2.75, 3.05) is 6.61 Å². The van der Waals surface area contributed by atoms with Crippen molar-refractivity contribution in [1.29, 1.82) is 0 Å². The number of hydrogen-bond acceptors (Lipinski definition) is 4. The van der Waals surface area contributed by atoms with Crippen LogP contribution >= 0.6 is 0 Å². The Labute approximate surface area is 191 Å². The minimum atomic E-state index is -2.10. The number of rotatable bonds is 6. The molecule has 2 rings (SSSR count). The summed E-state index contributed by atoms with van der Waals surface area (Å²) in [6.45, 7) is 18.2. The number of aromatic nitrogens is 1. The average molecular weight is 465 g/mol. The molecule has 1 aromatic carbocycles. The van der Waals surface area contributed by atoms with Crippen molar-refractivity contribution in [3.8, 4) is 0 Å². The van der Waals surface area contributed by atoms with E-state index < -0.39 is 31.8 Å². The third-order valence-electron chi connectivity index (χ3n) is 6.04. The fourth-order valence-electron chi connectivity index (χ4n) is 3.43. The van der Waals surface area contributed by atoms with Gasteiger partial charge in [-0.1, -0.05) is 33.9 Å². The van der Waals surface area contributed by atoms with Crippen LogP contribution in [0.25, 0.3) is 10.9 Å². The number of nitrogens with one attached hydrogen (secondary N) is 2. The van der Waals surface area contributed by atoms with E-state index in [-0.39, 0.29) is 23.9 Å². The number of carbonyl (C=O) groups excluding carboxylic acids is 2. The molecular formula is C24H37FN2O4Si. The minimum Gasteiger partial charge on any atom is -0.464 e. The quantitative estimate of drug-likeness (QED) is 0.465. The molecule has 0 spiro atoms. The molecule has 1 heterocycles.